The molecule has 3 N–H and O–H groups in total. The summed E-state index contributed by atoms with van der Waals surface area (Å²) in [6.07, 6.45) is 0. The minimum absolute atomic E-state index is 0.123. The van der Waals surface area contributed by atoms with Crippen molar-refractivity contribution >= 4 is 11.7 Å². The van der Waals surface area contributed by atoms with Gasteiger partial charge in [-0.3, -0.25) is 0 Å². The van der Waals surface area contributed by atoms with E-state index in [1.54, 1.807) is 6.07 Å². The maximum absolute atomic E-state index is 12.0. The first-order chi connectivity index (χ1) is 7.45. The molecule has 0 radical (unpaired) electrons. The van der Waals surface area contributed by atoms with Crippen LogP contribution in [0.4, 0.5) is 14.5 Å². The molecule has 0 aliphatic carbocycles. The second kappa shape index (κ2) is 4.44. The van der Waals surface area contributed by atoms with Crippen molar-refractivity contribution in [2.75, 3.05) is 5.73 Å². The summed E-state index contributed by atoms with van der Waals surface area (Å²) in [7, 11) is 0. The van der Waals surface area contributed by atoms with Crippen LogP contribution in [0.2, 0.25) is 0 Å². The van der Waals surface area contributed by atoms with E-state index in [1.165, 1.54) is 0 Å². The lowest BCUT2D eigenvalue weighted by Crippen LogP contribution is -2.09. The summed E-state index contributed by atoms with van der Waals surface area (Å²) in [5.74, 6) is -1.94. The molecule has 0 unspecified atom stereocenters. The smallest absolute Gasteiger partial charge is 0.387 e. The summed E-state index contributed by atoms with van der Waals surface area (Å²) in [4.78, 5) is 10.7. The highest BCUT2D eigenvalue weighted by atomic mass is 19.3. The fraction of sp³-hybridized carbons (Fsp3) is 0.111. The molecular formula is C9H6F2N2O3. The van der Waals surface area contributed by atoms with Crippen molar-refractivity contribution in [3.05, 3.63) is 23.3 Å². The van der Waals surface area contributed by atoms with Gasteiger partial charge in [-0.2, -0.15) is 14.0 Å². The van der Waals surface area contributed by atoms with Gasteiger partial charge in [0.2, 0.25) is 0 Å². The number of aromatic carboxylic acids is 1. The Morgan fingerprint density at radius 2 is 2.19 bits per heavy atom. The van der Waals surface area contributed by atoms with E-state index in [4.69, 9.17) is 16.1 Å². The number of carboxylic acids is 1. The topological polar surface area (TPSA) is 96.3 Å². The number of nitrogen functional groups attached to an aromatic ring is 1. The Labute approximate surface area is 88.7 Å². The van der Waals surface area contributed by atoms with Crippen LogP contribution in [0.1, 0.15) is 15.9 Å². The molecule has 1 rings (SSSR count). The van der Waals surface area contributed by atoms with Crippen molar-refractivity contribution in [1.29, 1.82) is 5.26 Å². The van der Waals surface area contributed by atoms with Gasteiger partial charge < -0.3 is 15.6 Å². The van der Waals surface area contributed by atoms with Crippen LogP contribution in [0.5, 0.6) is 5.75 Å². The Hall–Kier alpha value is -2.36. The van der Waals surface area contributed by atoms with Gasteiger partial charge in [0.1, 0.15) is 0 Å². The standard InChI is InChI=1S/C9H6F2N2O3/c10-9(11)16-6-2-4(3-12)1-5(7(6)13)8(14)15/h1-2,9H,13H2,(H,14,15). The van der Waals surface area contributed by atoms with Crippen molar-refractivity contribution in [1.82, 2.24) is 0 Å². The zero-order valence-electron chi connectivity index (χ0n) is 7.78. The van der Waals surface area contributed by atoms with E-state index in [9.17, 15) is 13.6 Å². The first kappa shape index (κ1) is 11.7. The van der Waals surface area contributed by atoms with Gasteiger partial charge in [0.05, 0.1) is 22.9 Å². The van der Waals surface area contributed by atoms with Crippen molar-refractivity contribution in [2.24, 2.45) is 0 Å². The Kier molecular flexibility index (Phi) is 3.25. The fourth-order valence-electron chi connectivity index (χ4n) is 1.06. The summed E-state index contributed by atoms with van der Waals surface area (Å²) in [5, 5.41) is 17.3. The molecule has 5 nitrogen and oxygen atoms in total. The van der Waals surface area contributed by atoms with E-state index >= 15 is 0 Å². The second-order valence-electron chi connectivity index (χ2n) is 2.73. The Balaban J connectivity index is 3.32. The highest BCUT2D eigenvalue weighted by Crippen LogP contribution is 2.28. The predicted octanol–water partition coefficient (Wildman–Crippen LogP) is 1.44. The van der Waals surface area contributed by atoms with Crippen LogP contribution >= 0.6 is 0 Å². The van der Waals surface area contributed by atoms with Crippen LogP contribution in [0.15, 0.2) is 12.1 Å². The molecule has 0 heterocycles. The summed E-state index contributed by atoms with van der Waals surface area (Å²) in [6, 6.07) is 3.55. The van der Waals surface area contributed by atoms with Gasteiger partial charge in [-0.25, -0.2) is 4.79 Å². The van der Waals surface area contributed by atoms with E-state index < -0.39 is 29.6 Å². The number of rotatable bonds is 3. The number of hydrogen-bond acceptors (Lipinski definition) is 4. The zero-order valence-corrected chi connectivity index (χ0v) is 7.78. The van der Waals surface area contributed by atoms with Gasteiger partial charge in [0, 0.05) is 6.07 Å². The van der Waals surface area contributed by atoms with Crippen molar-refractivity contribution in [3.63, 3.8) is 0 Å². The molecule has 16 heavy (non-hydrogen) atoms. The van der Waals surface area contributed by atoms with E-state index in [1.807, 2.05) is 0 Å². The third-order valence-electron chi connectivity index (χ3n) is 1.72. The molecule has 0 saturated carbocycles. The number of carbonyl (C=O) groups is 1. The highest BCUT2D eigenvalue weighted by Gasteiger charge is 2.17. The van der Waals surface area contributed by atoms with Gasteiger partial charge in [0.15, 0.2) is 5.75 Å². The van der Waals surface area contributed by atoms with Crippen LogP contribution in [0.25, 0.3) is 0 Å². The van der Waals surface area contributed by atoms with Gasteiger partial charge >= 0.3 is 12.6 Å². The molecule has 0 bridgehead atoms. The Bertz CT molecular complexity index is 469. The first-order valence-electron chi connectivity index (χ1n) is 3.97. The largest absolute Gasteiger partial charge is 0.478 e. The molecule has 7 heteroatoms. The van der Waals surface area contributed by atoms with Crippen LogP contribution in [-0.4, -0.2) is 17.7 Å². The minimum Gasteiger partial charge on any atom is -0.478 e. The lowest BCUT2D eigenvalue weighted by molar-refractivity contribution is -0.0494. The van der Waals surface area contributed by atoms with Crippen molar-refractivity contribution in [2.45, 2.75) is 6.61 Å². The summed E-state index contributed by atoms with van der Waals surface area (Å²) >= 11 is 0. The SMILES string of the molecule is N#Cc1cc(OC(F)F)c(N)c(C(=O)O)c1. The van der Waals surface area contributed by atoms with Gasteiger partial charge in [-0.1, -0.05) is 0 Å². The molecule has 84 valence electrons. The third kappa shape index (κ3) is 2.36. The van der Waals surface area contributed by atoms with E-state index in [2.05, 4.69) is 4.74 Å². The predicted molar refractivity (Wildman–Crippen MR) is 49.2 cm³/mol. The molecule has 0 saturated heterocycles. The van der Waals surface area contributed by atoms with Crippen molar-refractivity contribution in [3.8, 4) is 11.8 Å². The quantitative estimate of drug-likeness (QED) is 0.763. The average Bonchev–Trinajstić information content (AvgIpc) is 2.19. The average molecular weight is 228 g/mol. The van der Waals surface area contributed by atoms with E-state index in [0.717, 1.165) is 12.1 Å². The number of hydrogen-bond donors (Lipinski definition) is 2. The normalized spacial score (nSPS) is 9.88. The first-order valence-corrected chi connectivity index (χ1v) is 3.97. The fourth-order valence-corrected chi connectivity index (χ4v) is 1.06. The molecule has 0 aliphatic heterocycles. The van der Waals surface area contributed by atoms with Crippen LogP contribution in [-0.2, 0) is 0 Å². The molecule has 0 aromatic heterocycles. The number of ether oxygens (including phenoxy) is 1. The number of benzene rings is 1. The summed E-state index contributed by atoms with van der Waals surface area (Å²) < 4.78 is 27.9. The Morgan fingerprint density at radius 1 is 1.56 bits per heavy atom. The van der Waals surface area contributed by atoms with E-state index in [-0.39, 0.29) is 5.56 Å². The monoisotopic (exact) mass is 228 g/mol. The lowest BCUT2D eigenvalue weighted by atomic mass is 10.1. The number of alkyl halides is 2. The maximum atomic E-state index is 12.0. The number of nitrogens with two attached hydrogens (primary N) is 1. The summed E-state index contributed by atoms with van der Waals surface area (Å²) in [5.41, 5.74) is 4.30. The number of anilines is 1. The molecule has 0 spiro atoms. The van der Waals surface area contributed by atoms with Gasteiger partial charge in [-0.15, -0.1) is 0 Å². The van der Waals surface area contributed by atoms with Crippen LogP contribution in [0.3, 0.4) is 0 Å². The molecule has 0 atom stereocenters. The number of nitriles is 1. The van der Waals surface area contributed by atoms with Crippen LogP contribution < -0.4 is 10.5 Å². The maximum Gasteiger partial charge on any atom is 0.387 e. The molecular weight excluding hydrogens is 222 g/mol. The molecule has 0 amide bonds. The van der Waals surface area contributed by atoms with Crippen LogP contribution in [0, 0.1) is 11.3 Å². The lowest BCUT2D eigenvalue weighted by Gasteiger charge is -2.10. The molecule has 0 fully saturated rings. The minimum atomic E-state index is -3.14. The van der Waals surface area contributed by atoms with Gasteiger partial charge in [0.25, 0.3) is 0 Å². The number of nitrogens with zero attached hydrogens (tertiary/aromatic N) is 1. The third-order valence-corrected chi connectivity index (χ3v) is 1.72. The Morgan fingerprint density at radius 3 is 2.62 bits per heavy atom. The highest BCUT2D eigenvalue weighted by molar-refractivity contribution is 5.95. The number of halogens is 2. The van der Waals surface area contributed by atoms with Crippen molar-refractivity contribution < 1.29 is 23.4 Å². The molecule has 1 aromatic rings. The number of carboxylic acid groups (broad SMARTS) is 1. The van der Waals surface area contributed by atoms with E-state index in [0.29, 0.717) is 0 Å². The second-order valence-corrected chi connectivity index (χ2v) is 2.73. The van der Waals surface area contributed by atoms with Gasteiger partial charge in [-0.05, 0) is 6.07 Å². The zero-order chi connectivity index (χ0) is 12.3. The summed E-state index contributed by atoms with van der Waals surface area (Å²) in [6.45, 7) is -3.14. The molecule has 0 aliphatic rings. The molecule has 1 aromatic carbocycles.